The fourth-order valence-electron chi connectivity index (χ4n) is 0. The van der Waals surface area contributed by atoms with Crippen LogP contribution in [-0.2, 0) is 389 Å². The van der Waals surface area contributed by atoms with E-state index in [0.717, 1.165) is 0 Å². The summed E-state index contributed by atoms with van der Waals surface area (Å²) < 4.78 is 8.88. The van der Waals surface area contributed by atoms with Gasteiger partial charge in [-0.05, 0) is 0 Å². The van der Waals surface area contributed by atoms with Gasteiger partial charge in [0.1, 0.15) is 0 Å². The minimum Gasteiger partial charge on any atom is -2.00 e. The summed E-state index contributed by atoms with van der Waals surface area (Å²) in [6.07, 6.45) is 0. The molecule has 0 aromatic heterocycles. The summed E-state index contributed by atoms with van der Waals surface area (Å²) >= 11 is 0. The average molecular weight is 1870 g/mol. The van der Waals surface area contributed by atoms with Gasteiger partial charge in [0.05, 0.1) is 0 Å². The van der Waals surface area contributed by atoms with Crippen LogP contribution in [0.3, 0.4) is 0 Å². The first-order chi connectivity index (χ1) is 2.00. The zero-order valence-electron chi connectivity index (χ0n) is 23.4. The molecule has 0 aromatic carbocycles. The summed E-state index contributed by atoms with van der Waals surface area (Å²) in [6, 6.07) is 0. The van der Waals surface area contributed by atoms with Crippen molar-refractivity contribution < 1.29 is 475 Å². The van der Waals surface area contributed by atoms with Gasteiger partial charge in [-0.15, -0.1) is 0 Å². The second-order valence-electron chi connectivity index (χ2n) is 0.513. The Labute approximate surface area is 476 Å². The van der Waals surface area contributed by atoms with E-state index in [9.17, 15) is 0 Å². The molecule has 54 heavy (non-hydrogen) atoms. The molecule has 0 saturated heterocycles. The van der Waals surface area contributed by atoms with Crippen molar-refractivity contribution in [3.05, 3.63) is 0 Å². The Morgan fingerprint density at radius 2 is 0.167 bits per heavy atom. The molecule has 29 N–H and O–H groups in total. The molecule has 0 aromatic rings. The molecule has 0 aliphatic heterocycles. The normalized spacial score (nSPS) is 1.09. The van der Waals surface area contributed by atoms with Crippen LogP contribution >= 0.6 is 7.82 Å². The maximum Gasteiger partial charge on any atom is 4.00 e. The molecule has 0 amide bonds. The number of hydrogen-bond acceptors (Lipinski definition) is 1. The predicted molar refractivity (Wildman–Crippen MR) is 77.7 cm³/mol. The van der Waals surface area contributed by atoms with E-state index in [1.807, 2.05) is 0 Å². The fraction of sp³-hybridized carbons (Fsp3) is 0. The molecule has 0 aliphatic rings. The van der Waals surface area contributed by atoms with Crippen LogP contribution in [0.1, 0.15) is 0 Å². The van der Waals surface area contributed by atoms with Crippen molar-refractivity contribution in [2.75, 3.05) is 0 Å². The zero-order valence-corrected chi connectivity index (χ0v) is 48.4. The van der Waals surface area contributed by atoms with Crippen LogP contribution in [0.15, 0.2) is 0 Å². The first-order valence-electron chi connectivity index (χ1n) is 0.783. The van der Waals surface area contributed by atoms with Crippen LogP contribution < -0.4 is 0 Å². The molecule has 0 fully saturated rings. The van der Waals surface area contributed by atoms with Crippen LogP contribution in [0.2, 0.25) is 0 Å². The molecule has 0 aliphatic carbocycles. The number of rotatable bonds is 0. The second kappa shape index (κ2) is 1250. The Morgan fingerprint density at radius 3 is 0.167 bits per heavy atom. The monoisotopic (exact) mass is 1890 g/mol. The molecule has 0 spiro atoms. The Morgan fingerprint density at radius 1 is 0.167 bits per heavy atom. The predicted octanol–water partition coefficient (Wildman–Crippen LogP) is -14.5. The maximum absolute atomic E-state index is 8.88. The SMILES string of the molecule is O.O.O.O.O.O.O.O.O.O.O.O.O.O=P(O)(O)O.[Mo+4].[Mo+4].[Mo+4].[Mo+4].[Mo+4].[Mo+4].[Mo+4].[Mo+4].[Mo+4].[Mo+4].[Mo+4].[Mo+4].[O-2].[O-2].[O-2].[O-2].[O-2].[O-2].[O-2].[O-2].[O-2].[O-2].[O-2].[O-2].[O-2].[O-2].[O-2].[O-2].[O-2].[O-2].[O-2].[O-2].[O-2].[O-2].[O-2].[O-2]. The van der Waals surface area contributed by atoms with Crippen molar-refractivity contribution >= 4 is 7.82 Å². The summed E-state index contributed by atoms with van der Waals surface area (Å²) in [6.45, 7) is 0. The Hall–Kier alpha value is 6.89. The average Bonchev–Trinajstić information content (AvgIpc) is 0.722. The smallest absolute Gasteiger partial charge is 2.00 e. The third-order valence-electron chi connectivity index (χ3n) is 0. The van der Waals surface area contributed by atoms with E-state index in [1.54, 1.807) is 0 Å². The maximum atomic E-state index is 8.88. The van der Waals surface area contributed by atoms with E-state index < -0.39 is 7.82 Å². The van der Waals surface area contributed by atoms with Crippen molar-refractivity contribution in [1.29, 1.82) is 0 Å². The zero-order chi connectivity index (χ0) is 4.50. The minimum absolute atomic E-state index is 0. The molecule has 41 nitrogen and oxygen atoms in total. The van der Waals surface area contributed by atoms with Crippen LogP contribution in [0.4, 0.5) is 0 Å². The summed E-state index contributed by atoms with van der Waals surface area (Å²) in [5.74, 6) is 0. The van der Waals surface area contributed by atoms with E-state index >= 15 is 0 Å². The summed E-state index contributed by atoms with van der Waals surface area (Å²) in [4.78, 5) is 21.6. The van der Waals surface area contributed by atoms with Gasteiger partial charge in [0.15, 0.2) is 0 Å². The van der Waals surface area contributed by atoms with Crippen molar-refractivity contribution in [1.82, 2.24) is 0 Å². The van der Waals surface area contributed by atoms with Gasteiger partial charge in [-0.1, -0.05) is 0 Å². The van der Waals surface area contributed by atoms with Crippen molar-refractivity contribution in [3.63, 3.8) is 0 Å². The quantitative estimate of drug-likeness (QED) is 0.157. The Kier molecular flexibility index (Phi) is 42600. The summed E-state index contributed by atoms with van der Waals surface area (Å²) in [7, 11) is -4.64. The molecular weight excluding hydrogens is 1840 g/mol. The second-order valence-corrected chi connectivity index (χ2v) is 1.54. The summed E-state index contributed by atoms with van der Waals surface area (Å²) in [5, 5.41) is 0. The van der Waals surface area contributed by atoms with Crippen LogP contribution in [0, 0.1) is 0 Å². The van der Waals surface area contributed by atoms with Gasteiger partial charge < -0.3 is 217 Å². The molecule has 352 valence electrons. The van der Waals surface area contributed by atoms with Gasteiger partial charge in [-0.25, -0.2) is 4.57 Å². The van der Waals surface area contributed by atoms with Gasteiger partial charge in [-0.3, -0.25) is 0 Å². The molecule has 0 heterocycles. The Bertz CT molecular complexity index is 94.3. The van der Waals surface area contributed by atoms with Gasteiger partial charge in [0.25, 0.3) is 0 Å². The summed E-state index contributed by atoms with van der Waals surface area (Å²) in [5.41, 5.74) is 0. The van der Waals surface area contributed by atoms with E-state index in [2.05, 4.69) is 0 Å². The van der Waals surface area contributed by atoms with E-state index in [1.165, 1.54) is 0 Å². The molecule has 0 radical (unpaired) electrons. The van der Waals surface area contributed by atoms with Crippen LogP contribution in [0.5, 0.6) is 0 Å². The molecule has 0 atom stereocenters. The molecular formula is H29Mo12O41P. The van der Waals surface area contributed by atoms with E-state index in [4.69, 9.17) is 19.2 Å². The first-order valence-corrected chi connectivity index (χ1v) is 2.35. The number of phosphoric acid groups is 1. The van der Waals surface area contributed by atoms with Gasteiger partial charge in [0.2, 0.25) is 0 Å². The molecule has 0 rings (SSSR count). The van der Waals surface area contributed by atoms with Crippen molar-refractivity contribution in [3.8, 4) is 0 Å². The van der Waals surface area contributed by atoms with Gasteiger partial charge >= 0.3 is 261 Å². The van der Waals surface area contributed by atoms with Gasteiger partial charge in [0, 0.05) is 0 Å². The Balaban J connectivity index is -0.0000000000680. The standard InChI is InChI=1S/12Mo.H3O4P.13H2O.24O/c;;;;;;;;;;;;1-5(2,3)4;;;;;;;;;;;;;;;;;;;;;;;;;;;;;;;;;;;;;/h;;;;;;;;;;;;(H3,1,2,3,4);13*1H2;;;;;;;;;;;;;;;;;;;;;;;;/q12*+4;;;;;;;;;;;;;;;24*-2. The topological polar surface area (TPSA) is 1170 Å². The van der Waals surface area contributed by atoms with Crippen LogP contribution in [-0.4, -0.2) is 85.9 Å². The largest absolute Gasteiger partial charge is 4.00 e. The minimum atomic E-state index is -4.64. The first kappa shape index (κ1) is 1840. The fourth-order valence-corrected chi connectivity index (χ4v) is 0. The van der Waals surface area contributed by atoms with E-state index in [0.29, 0.717) is 0 Å². The third kappa shape index (κ3) is 4160. The number of hydrogen-bond donors (Lipinski definition) is 3. The van der Waals surface area contributed by atoms with Crippen molar-refractivity contribution in [2.24, 2.45) is 0 Å². The molecule has 0 saturated carbocycles. The molecule has 54 heteroatoms. The van der Waals surface area contributed by atoms with Crippen LogP contribution in [0.25, 0.3) is 0 Å². The third-order valence-corrected chi connectivity index (χ3v) is 0. The van der Waals surface area contributed by atoms with E-state index in [-0.39, 0.29) is 455 Å². The molecule has 0 unspecified atom stereocenters. The van der Waals surface area contributed by atoms with Crippen molar-refractivity contribution in [2.45, 2.75) is 0 Å². The van der Waals surface area contributed by atoms with Gasteiger partial charge in [-0.2, -0.15) is 0 Å². The molecule has 0 bridgehead atoms.